The van der Waals surface area contributed by atoms with Crippen LogP contribution in [-0.2, 0) is 0 Å². The first-order valence-corrected chi connectivity index (χ1v) is 8.28. The van der Waals surface area contributed by atoms with Gasteiger partial charge in [-0.2, -0.15) is 0 Å². The van der Waals surface area contributed by atoms with E-state index >= 15 is 0 Å². The molecule has 0 aromatic carbocycles. The van der Waals surface area contributed by atoms with E-state index in [1.165, 1.54) is 71.1 Å². The van der Waals surface area contributed by atoms with Crippen LogP contribution in [0.15, 0.2) is 0 Å². The van der Waals surface area contributed by atoms with E-state index < -0.39 is 0 Å². The summed E-state index contributed by atoms with van der Waals surface area (Å²) in [5.41, 5.74) is 0. The highest BCUT2D eigenvalue weighted by atomic mass is 15.2. The summed E-state index contributed by atoms with van der Waals surface area (Å²) < 4.78 is 0. The zero-order chi connectivity index (χ0) is 12.8. The summed E-state index contributed by atoms with van der Waals surface area (Å²) in [6.07, 6.45) is 9.98. The zero-order valence-electron chi connectivity index (χ0n) is 12.5. The standard InChI is InChI=1S/C16H32N2/c1-3-9-17-12-15-8-10-18(13-15)16-7-5-6-14(4-2)11-16/h14-17H,3-13H2,1-2H3. The number of hydrogen-bond acceptors (Lipinski definition) is 2. The Labute approximate surface area is 114 Å². The van der Waals surface area contributed by atoms with E-state index in [-0.39, 0.29) is 0 Å². The van der Waals surface area contributed by atoms with Gasteiger partial charge in [0.1, 0.15) is 0 Å². The molecule has 2 nitrogen and oxygen atoms in total. The van der Waals surface area contributed by atoms with Gasteiger partial charge in [0.25, 0.3) is 0 Å². The smallest absolute Gasteiger partial charge is 0.00980 e. The molecule has 2 heteroatoms. The molecular weight excluding hydrogens is 220 g/mol. The molecule has 2 aliphatic rings. The lowest BCUT2D eigenvalue weighted by molar-refractivity contribution is 0.150. The van der Waals surface area contributed by atoms with E-state index in [2.05, 4.69) is 24.1 Å². The van der Waals surface area contributed by atoms with Crippen LogP contribution >= 0.6 is 0 Å². The summed E-state index contributed by atoms with van der Waals surface area (Å²) >= 11 is 0. The average molecular weight is 252 g/mol. The molecule has 1 heterocycles. The molecule has 0 amide bonds. The van der Waals surface area contributed by atoms with Crippen molar-refractivity contribution in [2.45, 2.75) is 64.8 Å². The van der Waals surface area contributed by atoms with Gasteiger partial charge in [-0.3, -0.25) is 0 Å². The number of nitrogens with zero attached hydrogens (tertiary/aromatic N) is 1. The lowest BCUT2D eigenvalue weighted by Crippen LogP contribution is -2.38. The Kier molecular flexibility index (Phi) is 5.97. The maximum absolute atomic E-state index is 3.59. The second-order valence-corrected chi connectivity index (χ2v) is 6.45. The van der Waals surface area contributed by atoms with E-state index in [4.69, 9.17) is 0 Å². The number of rotatable bonds is 6. The fraction of sp³-hybridized carbons (Fsp3) is 1.00. The summed E-state index contributed by atoms with van der Waals surface area (Å²) in [6.45, 7) is 9.78. The molecule has 0 spiro atoms. The summed E-state index contributed by atoms with van der Waals surface area (Å²) in [5, 5.41) is 3.59. The van der Waals surface area contributed by atoms with E-state index in [0.717, 1.165) is 17.9 Å². The summed E-state index contributed by atoms with van der Waals surface area (Å²) in [6, 6.07) is 0.917. The van der Waals surface area contributed by atoms with E-state index in [1.807, 2.05) is 0 Å². The Morgan fingerprint density at radius 1 is 1.11 bits per heavy atom. The topological polar surface area (TPSA) is 15.3 Å². The molecule has 1 N–H and O–H groups in total. The maximum Gasteiger partial charge on any atom is 0.00980 e. The van der Waals surface area contributed by atoms with Gasteiger partial charge in [0.15, 0.2) is 0 Å². The largest absolute Gasteiger partial charge is 0.316 e. The SMILES string of the molecule is CCCNCC1CCN(C2CCCC(CC)C2)C1. The van der Waals surface area contributed by atoms with E-state index in [0.29, 0.717) is 0 Å². The predicted molar refractivity (Wildman–Crippen MR) is 78.9 cm³/mol. The van der Waals surface area contributed by atoms with Crippen molar-refractivity contribution in [1.29, 1.82) is 0 Å². The Bertz CT molecular complexity index is 229. The van der Waals surface area contributed by atoms with Gasteiger partial charge in [-0.05, 0) is 57.2 Å². The molecule has 3 unspecified atom stereocenters. The summed E-state index contributed by atoms with van der Waals surface area (Å²) in [5.74, 6) is 1.93. The molecule has 1 saturated heterocycles. The van der Waals surface area contributed by atoms with Gasteiger partial charge in [-0.25, -0.2) is 0 Å². The van der Waals surface area contributed by atoms with Gasteiger partial charge in [0.05, 0.1) is 0 Å². The summed E-state index contributed by atoms with van der Waals surface area (Å²) in [7, 11) is 0. The fourth-order valence-corrected chi connectivity index (χ4v) is 3.81. The van der Waals surface area contributed by atoms with Crippen LogP contribution in [0, 0.1) is 11.8 Å². The number of hydrogen-bond donors (Lipinski definition) is 1. The zero-order valence-corrected chi connectivity index (χ0v) is 12.5. The van der Waals surface area contributed by atoms with Gasteiger partial charge < -0.3 is 10.2 Å². The van der Waals surface area contributed by atoms with Gasteiger partial charge in [0, 0.05) is 12.6 Å². The normalized spacial score (nSPS) is 34.0. The van der Waals surface area contributed by atoms with Crippen LogP contribution in [0.2, 0.25) is 0 Å². The van der Waals surface area contributed by atoms with Crippen molar-refractivity contribution in [3.8, 4) is 0 Å². The molecule has 0 bridgehead atoms. The Morgan fingerprint density at radius 2 is 2.00 bits per heavy atom. The molecular formula is C16H32N2. The third kappa shape index (κ3) is 3.96. The molecule has 0 radical (unpaired) electrons. The first-order chi connectivity index (χ1) is 8.83. The monoisotopic (exact) mass is 252 g/mol. The van der Waals surface area contributed by atoms with Crippen LogP contribution in [0.1, 0.15) is 58.8 Å². The average Bonchev–Trinajstić information content (AvgIpc) is 2.88. The van der Waals surface area contributed by atoms with E-state index in [9.17, 15) is 0 Å². The van der Waals surface area contributed by atoms with E-state index in [1.54, 1.807) is 0 Å². The highest BCUT2D eigenvalue weighted by Crippen LogP contribution is 2.32. The third-order valence-corrected chi connectivity index (χ3v) is 5.03. The van der Waals surface area contributed by atoms with Crippen LogP contribution in [0.4, 0.5) is 0 Å². The molecule has 1 saturated carbocycles. The number of likely N-dealkylation sites (tertiary alicyclic amines) is 1. The van der Waals surface area contributed by atoms with Gasteiger partial charge in [0.2, 0.25) is 0 Å². The molecule has 18 heavy (non-hydrogen) atoms. The van der Waals surface area contributed by atoms with Crippen molar-refractivity contribution >= 4 is 0 Å². The Hall–Kier alpha value is -0.0800. The third-order valence-electron chi connectivity index (χ3n) is 5.03. The number of nitrogens with one attached hydrogen (secondary N) is 1. The van der Waals surface area contributed by atoms with Crippen molar-refractivity contribution in [1.82, 2.24) is 10.2 Å². The highest BCUT2D eigenvalue weighted by molar-refractivity contribution is 4.86. The Morgan fingerprint density at radius 3 is 2.78 bits per heavy atom. The van der Waals surface area contributed by atoms with Crippen LogP contribution in [-0.4, -0.2) is 37.1 Å². The van der Waals surface area contributed by atoms with Crippen LogP contribution in [0.25, 0.3) is 0 Å². The molecule has 2 fully saturated rings. The van der Waals surface area contributed by atoms with Crippen LogP contribution in [0.3, 0.4) is 0 Å². The lowest BCUT2D eigenvalue weighted by atomic mass is 9.83. The molecule has 106 valence electrons. The summed E-state index contributed by atoms with van der Waals surface area (Å²) in [4.78, 5) is 2.81. The minimum atomic E-state index is 0.915. The maximum atomic E-state index is 3.59. The minimum absolute atomic E-state index is 0.915. The van der Waals surface area contributed by atoms with Gasteiger partial charge in [-0.1, -0.05) is 33.1 Å². The molecule has 1 aliphatic carbocycles. The first kappa shape index (κ1) is 14.3. The first-order valence-electron chi connectivity index (χ1n) is 8.28. The second kappa shape index (κ2) is 7.49. The van der Waals surface area contributed by atoms with Crippen molar-refractivity contribution in [3.63, 3.8) is 0 Å². The second-order valence-electron chi connectivity index (χ2n) is 6.45. The lowest BCUT2D eigenvalue weighted by Gasteiger charge is -2.35. The molecule has 1 aliphatic heterocycles. The molecule has 2 rings (SSSR count). The van der Waals surface area contributed by atoms with Crippen LogP contribution in [0.5, 0.6) is 0 Å². The van der Waals surface area contributed by atoms with Crippen molar-refractivity contribution in [3.05, 3.63) is 0 Å². The molecule has 0 aromatic rings. The van der Waals surface area contributed by atoms with Gasteiger partial charge >= 0.3 is 0 Å². The Balaban J connectivity index is 1.71. The predicted octanol–water partition coefficient (Wildman–Crippen LogP) is 3.28. The fourth-order valence-electron chi connectivity index (χ4n) is 3.81. The molecule has 3 atom stereocenters. The van der Waals surface area contributed by atoms with Gasteiger partial charge in [-0.15, -0.1) is 0 Å². The quantitative estimate of drug-likeness (QED) is 0.730. The van der Waals surface area contributed by atoms with Crippen LogP contribution < -0.4 is 5.32 Å². The minimum Gasteiger partial charge on any atom is -0.316 e. The highest BCUT2D eigenvalue weighted by Gasteiger charge is 2.31. The van der Waals surface area contributed by atoms with Crippen molar-refractivity contribution in [2.24, 2.45) is 11.8 Å². The molecule has 0 aromatic heterocycles. The van der Waals surface area contributed by atoms with Crippen molar-refractivity contribution < 1.29 is 0 Å². The van der Waals surface area contributed by atoms with Crippen molar-refractivity contribution in [2.75, 3.05) is 26.2 Å².